The van der Waals surface area contributed by atoms with Crippen LogP contribution in [-0.4, -0.2) is 49.7 Å². The van der Waals surface area contributed by atoms with E-state index in [-0.39, 0.29) is 19.1 Å². The van der Waals surface area contributed by atoms with Crippen LogP contribution in [0.15, 0.2) is 72.8 Å². The van der Waals surface area contributed by atoms with Crippen molar-refractivity contribution in [2.24, 2.45) is 0 Å². The van der Waals surface area contributed by atoms with Gasteiger partial charge in [0.05, 0.1) is 0 Å². The zero-order valence-electron chi connectivity index (χ0n) is 18.2. The van der Waals surface area contributed by atoms with Crippen LogP contribution in [0.25, 0.3) is 11.1 Å². The molecule has 1 amide bonds. The van der Waals surface area contributed by atoms with Gasteiger partial charge in [-0.3, -0.25) is 0 Å². The molecule has 166 valence electrons. The first-order chi connectivity index (χ1) is 15.5. The number of hydrogen-bond donors (Lipinski definition) is 3. The van der Waals surface area contributed by atoms with Crippen molar-refractivity contribution in [1.82, 2.24) is 5.32 Å². The van der Waals surface area contributed by atoms with Crippen molar-refractivity contribution in [3.63, 3.8) is 0 Å². The molecule has 32 heavy (non-hydrogen) atoms. The second-order valence-corrected chi connectivity index (χ2v) is 8.20. The molecule has 6 nitrogen and oxygen atoms in total. The number of ether oxygens (including phenoxy) is 1. The number of aliphatic hydroxyl groups is 2. The number of fused-ring (bicyclic) bond motifs is 3. The van der Waals surface area contributed by atoms with Crippen LogP contribution in [0.2, 0.25) is 0 Å². The Bertz CT molecular complexity index is 1040. The highest BCUT2D eigenvalue weighted by Crippen LogP contribution is 2.44. The third-order valence-corrected chi connectivity index (χ3v) is 5.91. The van der Waals surface area contributed by atoms with Crippen molar-refractivity contribution < 1.29 is 19.7 Å². The monoisotopic (exact) mass is 432 g/mol. The lowest BCUT2D eigenvalue weighted by Crippen LogP contribution is -2.36. The van der Waals surface area contributed by atoms with Gasteiger partial charge in [0.15, 0.2) is 0 Å². The summed E-state index contributed by atoms with van der Waals surface area (Å²) in [5.41, 5.74) is 6.17. The minimum atomic E-state index is -1.15. The number of rotatable bonds is 7. The molecule has 0 fully saturated rings. The summed E-state index contributed by atoms with van der Waals surface area (Å²) in [4.78, 5) is 14.2. The summed E-state index contributed by atoms with van der Waals surface area (Å²) in [6.45, 7) is 0.0811. The number of carbonyl (C=O) groups is 1. The van der Waals surface area contributed by atoms with Crippen molar-refractivity contribution in [3.8, 4) is 11.1 Å². The SMILES string of the molecule is CN(C)c1ccc(C(O)C(O)CNC(=O)OCC2c3ccccc3-c3ccccc32)cc1. The second kappa shape index (κ2) is 9.42. The Kier molecular flexibility index (Phi) is 6.44. The van der Waals surface area contributed by atoms with Crippen molar-refractivity contribution >= 4 is 11.8 Å². The number of nitrogens with zero attached hydrogens (tertiary/aromatic N) is 1. The van der Waals surface area contributed by atoms with E-state index in [1.54, 1.807) is 12.1 Å². The number of amides is 1. The van der Waals surface area contributed by atoms with Crippen molar-refractivity contribution in [1.29, 1.82) is 0 Å². The van der Waals surface area contributed by atoms with Crippen LogP contribution < -0.4 is 10.2 Å². The minimum absolute atomic E-state index is 0.0288. The Balaban J connectivity index is 1.32. The normalized spacial score (nSPS) is 14.2. The molecule has 0 heterocycles. The molecule has 0 spiro atoms. The first kappa shape index (κ1) is 21.9. The first-order valence-corrected chi connectivity index (χ1v) is 10.7. The summed E-state index contributed by atoms with van der Waals surface area (Å²) < 4.78 is 5.47. The van der Waals surface area contributed by atoms with Gasteiger partial charge in [-0.1, -0.05) is 60.7 Å². The smallest absolute Gasteiger partial charge is 0.407 e. The molecule has 2 unspecified atom stereocenters. The Morgan fingerprint density at radius 1 is 0.938 bits per heavy atom. The van der Waals surface area contributed by atoms with Crippen LogP contribution >= 0.6 is 0 Å². The van der Waals surface area contributed by atoms with Crippen molar-refractivity contribution in [3.05, 3.63) is 89.5 Å². The van der Waals surface area contributed by atoms with Crippen LogP contribution in [0.3, 0.4) is 0 Å². The van der Waals surface area contributed by atoms with E-state index >= 15 is 0 Å². The summed E-state index contributed by atoms with van der Waals surface area (Å²) in [7, 11) is 3.86. The fourth-order valence-electron chi connectivity index (χ4n) is 4.14. The van der Waals surface area contributed by atoms with E-state index in [9.17, 15) is 15.0 Å². The van der Waals surface area contributed by atoms with Gasteiger partial charge < -0.3 is 25.2 Å². The molecule has 4 rings (SSSR count). The molecular formula is C26H28N2O4. The van der Waals surface area contributed by atoms with Crippen LogP contribution in [0.4, 0.5) is 10.5 Å². The Hall–Kier alpha value is -3.35. The number of nitrogens with one attached hydrogen (secondary N) is 1. The largest absolute Gasteiger partial charge is 0.449 e. The molecule has 6 heteroatoms. The third kappa shape index (κ3) is 4.47. The van der Waals surface area contributed by atoms with E-state index in [0.29, 0.717) is 5.56 Å². The summed E-state index contributed by atoms with van der Waals surface area (Å²) in [6, 6.07) is 23.5. The summed E-state index contributed by atoms with van der Waals surface area (Å²) in [6.07, 6.45) is -2.89. The molecular weight excluding hydrogens is 404 g/mol. The maximum atomic E-state index is 12.3. The van der Waals surface area contributed by atoms with E-state index in [2.05, 4.69) is 29.6 Å². The Morgan fingerprint density at radius 3 is 2.06 bits per heavy atom. The van der Waals surface area contributed by atoms with E-state index in [1.807, 2.05) is 55.4 Å². The molecule has 0 saturated carbocycles. The molecule has 0 bridgehead atoms. The Labute approximate surface area is 188 Å². The average Bonchev–Trinajstić information content (AvgIpc) is 3.14. The number of anilines is 1. The lowest BCUT2D eigenvalue weighted by molar-refractivity contribution is 0.0185. The van der Waals surface area contributed by atoms with Gasteiger partial charge in [0.1, 0.15) is 18.8 Å². The number of carbonyl (C=O) groups excluding carboxylic acids is 1. The minimum Gasteiger partial charge on any atom is -0.449 e. The molecule has 1 aliphatic carbocycles. The fraction of sp³-hybridized carbons (Fsp3) is 0.269. The molecule has 3 aromatic carbocycles. The molecule has 3 aromatic rings. The molecule has 3 N–H and O–H groups in total. The van der Waals surface area contributed by atoms with E-state index in [1.165, 1.54) is 0 Å². The van der Waals surface area contributed by atoms with E-state index in [0.717, 1.165) is 27.9 Å². The van der Waals surface area contributed by atoms with Gasteiger partial charge in [-0.15, -0.1) is 0 Å². The quantitative estimate of drug-likeness (QED) is 0.531. The maximum absolute atomic E-state index is 12.3. The van der Waals surface area contributed by atoms with E-state index < -0.39 is 18.3 Å². The summed E-state index contributed by atoms with van der Waals surface area (Å²) in [5, 5.41) is 23.3. The molecule has 1 aliphatic rings. The first-order valence-electron chi connectivity index (χ1n) is 10.7. The predicted molar refractivity (Wildman–Crippen MR) is 125 cm³/mol. The van der Waals surface area contributed by atoms with Gasteiger partial charge in [0.25, 0.3) is 0 Å². The van der Waals surface area contributed by atoms with Gasteiger partial charge in [0.2, 0.25) is 0 Å². The fourth-order valence-corrected chi connectivity index (χ4v) is 4.14. The van der Waals surface area contributed by atoms with Crippen LogP contribution in [0.1, 0.15) is 28.7 Å². The van der Waals surface area contributed by atoms with Crippen molar-refractivity contribution in [2.45, 2.75) is 18.1 Å². The Morgan fingerprint density at radius 2 is 1.50 bits per heavy atom. The van der Waals surface area contributed by atoms with Crippen molar-refractivity contribution in [2.75, 3.05) is 32.1 Å². The van der Waals surface area contributed by atoms with Gasteiger partial charge in [0, 0.05) is 32.2 Å². The highest BCUT2D eigenvalue weighted by Gasteiger charge is 2.29. The van der Waals surface area contributed by atoms with Crippen LogP contribution in [0, 0.1) is 0 Å². The van der Waals surface area contributed by atoms with Crippen LogP contribution in [0.5, 0.6) is 0 Å². The molecule has 0 aliphatic heterocycles. The average molecular weight is 433 g/mol. The highest BCUT2D eigenvalue weighted by molar-refractivity contribution is 5.79. The predicted octanol–water partition coefficient (Wildman–Crippen LogP) is 3.69. The maximum Gasteiger partial charge on any atom is 0.407 e. The zero-order valence-corrected chi connectivity index (χ0v) is 18.2. The number of hydrogen-bond acceptors (Lipinski definition) is 5. The second-order valence-electron chi connectivity index (χ2n) is 8.20. The highest BCUT2D eigenvalue weighted by atomic mass is 16.5. The summed E-state index contributed by atoms with van der Waals surface area (Å²) in [5.74, 6) is -0.0288. The number of alkyl carbamates (subject to hydrolysis) is 1. The van der Waals surface area contributed by atoms with Gasteiger partial charge >= 0.3 is 6.09 Å². The van der Waals surface area contributed by atoms with Crippen LogP contribution in [-0.2, 0) is 4.74 Å². The molecule has 2 atom stereocenters. The third-order valence-electron chi connectivity index (χ3n) is 5.91. The molecule has 0 radical (unpaired) electrons. The van der Waals surface area contributed by atoms with Gasteiger partial charge in [-0.2, -0.15) is 0 Å². The lowest BCUT2D eigenvalue weighted by Gasteiger charge is -2.20. The summed E-state index contributed by atoms with van der Waals surface area (Å²) >= 11 is 0. The lowest BCUT2D eigenvalue weighted by atomic mass is 9.98. The molecule has 0 saturated heterocycles. The van der Waals surface area contributed by atoms with E-state index in [4.69, 9.17) is 4.74 Å². The topological polar surface area (TPSA) is 82.0 Å². The van der Waals surface area contributed by atoms with Gasteiger partial charge in [-0.25, -0.2) is 4.79 Å². The number of benzene rings is 3. The number of aliphatic hydroxyl groups excluding tert-OH is 2. The zero-order chi connectivity index (χ0) is 22.7. The standard InChI is InChI=1S/C26H28N2O4/c1-28(2)18-13-11-17(12-14-18)25(30)24(29)15-27-26(31)32-16-23-21-9-5-3-7-19(21)20-8-4-6-10-22(20)23/h3-14,23-25,29-30H,15-16H2,1-2H3,(H,27,31). The molecule has 0 aromatic heterocycles. The van der Waals surface area contributed by atoms with Gasteiger partial charge in [-0.05, 0) is 39.9 Å².